The fourth-order valence-corrected chi connectivity index (χ4v) is 1.15. The van der Waals surface area contributed by atoms with Gasteiger partial charge in [0.25, 0.3) is 0 Å². The highest BCUT2D eigenvalue weighted by Crippen LogP contribution is 2.28. The zero-order valence-corrected chi connectivity index (χ0v) is 7.76. The number of halogens is 5. The molecule has 0 nitrogen and oxygen atoms in total. The van der Waals surface area contributed by atoms with Gasteiger partial charge in [-0.25, -0.2) is 17.6 Å². The molecule has 0 fully saturated rings. The Bertz CT molecular complexity index is 344. The van der Waals surface area contributed by atoms with Crippen molar-refractivity contribution in [2.24, 2.45) is 0 Å². The second-order valence-corrected chi connectivity index (χ2v) is 2.98. The zero-order valence-electron chi connectivity index (χ0n) is 6.17. The highest BCUT2D eigenvalue weighted by Gasteiger charge is 2.21. The molecular formula is C8H3BrF4. The van der Waals surface area contributed by atoms with E-state index < -0.39 is 33.3 Å². The Kier molecular flexibility index (Phi) is 2.75. The van der Waals surface area contributed by atoms with Gasteiger partial charge in [0, 0.05) is 0 Å². The van der Waals surface area contributed by atoms with Crippen molar-refractivity contribution >= 4 is 22.0 Å². The van der Waals surface area contributed by atoms with Crippen molar-refractivity contribution in [3.63, 3.8) is 0 Å². The highest BCUT2D eigenvalue weighted by molar-refractivity contribution is 9.10. The van der Waals surface area contributed by atoms with Crippen LogP contribution in [0, 0.1) is 23.3 Å². The minimum absolute atomic E-state index is 0.712. The van der Waals surface area contributed by atoms with Crippen molar-refractivity contribution in [1.29, 1.82) is 0 Å². The smallest absolute Gasteiger partial charge is 0.176 e. The topological polar surface area (TPSA) is 0 Å². The van der Waals surface area contributed by atoms with Crippen LogP contribution in [0.4, 0.5) is 17.6 Å². The van der Waals surface area contributed by atoms with Crippen molar-refractivity contribution < 1.29 is 17.6 Å². The summed E-state index contributed by atoms with van der Waals surface area (Å²) in [7, 11) is 0. The molecule has 0 heterocycles. The zero-order chi connectivity index (χ0) is 10.2. The Balaban J connectivity index is 3.66. The first kappa shape index (κ1) is 10.2. The van der Waals surface area contributed by atoms with E-state index in [9.17, 15) is 17.6 Å². The molecule has 0 aliphatic heterocycles. The molecule has 0 saturated heterocycles. The molecule has 0 radical (unpaired) electrons. The number of benzene rings is 1. The van der Waals surface area contributed by atoms with E-state index in [1.54, 1.807) is 0 Å². The van der Waals surface area contributed by atoms with Gasteiger partial charge >= 0.3 is 0 Å². The summed E-state index contributed by atoms with van der Waals surface area (Å²) < 4.78 is 50.3. The average molecular weight is 255 g/mol. The molecule has 0 aromatic heterocycles. The maximum Gasteiger partial charge on any atom is 0.176 e. The number of rotatable bonds is 1. The monoisotopic (exact) mass is 254 g/mol. The molecule has 0 bridgehead atoms. The van der Waals surface area contributed by atoms with Crippen molar-refractivity contribution in [3.05, 3.63) is 39.9 Å². The number of hydrogen-bond acceptors (Lipinski definition) is 0. The van der Waals surface area contributed by atoms with Gasteiger partial charge in [0.1, 0.15) is 0 Å². The van der Waals surface area contributed by atoms with E-state index in [0.717, 1.165) is 0 Å². The molecule has 1 aromatic carbocycles. The van der Waals surface area contributed by atoms with Gasteiger partial charge < -0.3 is 0 Å². The van der Waals surface area contributed by atoms with E-state index in [1.807, 2.05) is 0 Å². The van der Waals surface area contributed by atoms with Gasteiger partial charge in [0.2, 0.25) is 0 Å². The van der Waals surface area contributed by atoms with Crippen LogP contribution < -0.4 is 0 Å². The van der Waals surface area contributed by atoms with Crippen LogP contribution in [-0.2, 0) is 0 Å². The molecule has 5 heteroatoms. The first-order valence-corrected chi connectivity index (χ1v) is 3.93. The third-order valence-electron chi connectivity index (χ3n) is 1.45. The Morgan fingerprint density at radius 2 is 1.31 bits per heavy atom. The lowest BCUT2D eigenvalue weighted by Gasteiger charge is -2.04. The quantitative estimate of drug-likeness (QED) is 0.408. The summed E-state index contributed by atoms with van der Waals surface area (Å²) in [6.45, 7) is 3.04. The molecule has 0 atom stereocenters. The van der Waals surface area contributed by atoms with E-state index in [0.29, 0.717) is 6.08 Å². The Morgan fingerprint density at radius 1 is 0.923 bits per heavy atom. The number of hydrogen-bond donors (Lipinski definition) is 0. The second-order valence-electron chi connectivity index (χ2n) is 2.19. The largest absolute Gasteiger partial charge is 0.203 e. The Labute approximate surface area is 80.0 Å². The van der Waals surface area contributed by atoms with Gasteiger partial charge in [0.05, 0.1) is 10.0 Å². The van der Waals surface area contributed by atoms with Gasteiger partial charge in [-0.05, 0) is 15.9 Å². The van der Waals surface area contributed by atoms with Gasteiger partial charge in [-0.1, -0.05) is 12.7 Å². The third-order valence-corrected chi connectivity index (χ3v) is 2.14. The molecule has 0 N–H and O–H groups in total. The lowest BCUT2D eigenvalue weighted by Crippen LogP contribution is -2.00. The third kappa shape index (κ3) is 1.48. The van der Waals surface area contributed by atoms with Crippen molar-refractivity contribution in [3.8, 4) is 0 Å². The molecule has 1 rings (SSSR count). The molecular weight excluding hydrogens is 252 g/mol. The summed E-state index contributed by atoms with van der Waals surface area (Å²) in [6, 6.07) is 0. The van der Waals surface area contributed by atoms with E-state index in [4.69, 9.17) is 0 Å². The maximum atomic E-state index is 12.8. The summed E-state index contributed by atoms with van der Waals surface area (Å²) >= 11 is 2.38. The summed E-state index contributed by atoms with van der Waals surface area (Å²) in [6.07, 6.45) is 0.712. The average Bonchev–Trinajstić information content (AvgIpc) is 2.13. The van der Waals surface area contributed by atoms with Crippen LogP contribution in [0.1, 0.15) is 5.56 Å². The summed E-state index contributed by atoms with van der Waals surface area (Å²) in [4.78, 5) is 0. The van der Waals surface area contributed by atoms with Crippen LogP contribution >= 0.6 is 15.9 Å². The molecule has 0 spiro atoms. The summed E-state index contributed by atoms with van der Waals surface area (Å²) in [5.74, 6) is -5.84. The van der Waals surface area contributed by atoms with Crippen LogP contribution in [-0.4, -0.2) is 0 Å². The van der Waals surface area contributed by atoms with E-state index >= 15 is 0 Å². The van der Waals surface area contributed by atoms with Crippen molar-refractivity contribution in [2.45, 2.75) is 0 Å². The van der Waals surface area contributed by atoms with E-state index in [2.05, 4.69) is 22.5 Å². The summed E-state index contributed by atoms with van der Waals surface area (Å²) in [5.41, 5.74) is -0.807. The first-order valence-electron chi connectivity index (χ1n) is 3.14. The van der Waals surface area contributed by atoms with Crippen LogP contribution in [0.15, 0.2) is 11.1 Å². The normalized spacial score (nSPS) is 10.2. The molecule has 0 aliphatic rings. The standard InChI is InChI=1S/C8H3BrF4/c1-2-3-5(10)7(12)4(9)8(13)6(3)11/h2H,1H2. The molecule has 0 amide bonds. The predicted octanol–water partition coefficient (Wildman–Crippen LogP) is 3.65. The van der Waals surface area contributed by atoms with E-state index in [1.165, 1.54) is 0 Å². The van der Waals surface area contributed by atoms with Gasteiger partial charge in [-0.2, -0.15) is 0 Å². The van der Waals surface area contributed by atoms with Crippen LogP contribution in [0.5, 0.6) is 0 Å². The molecule has 0 unspecified atom stereocenters. The molecule has 13 heavy (non-hydrogen) atoms. The molecule has 0 aliphatic carbocycles. The van der Waals surface area contributed by atoms with Crippen LogP contribution in [0.3, 0.4) is 0 Å². The lowest BCUT2D eigenvalue weighted by molar-refractivity contribution is 0.444. The molecule has 70 valence electrons. The van der Waals surface area contributed by atoms with Crippen LogP contribution in [0.25, 0.3) is 6.08 Å². The maximum absolute atomic E-state index is 12.8. The minimum Gasteiger partial charge on any atom is -0.203 e. The van der Waals surface area contributed by atoms with Crippen LogP contribution in [0.2, 0.25) is 0 Å². The summed E-state index contributed by atoms with van der Waals surface area (Å²) in [5, 5.41) is 0. The molecule has 0 saturated carbocycles. The van der Waals surface area contributed by atoms with E-state index in [-0.39, 0.29) is 0 Å². The van der Waals surface area contributed by atoms with Crippen molar-refractivity contribution in [1.82, 2.24) is 0 Å². The molecule has 1 aromatic rings. The van der Waals surface area contributed by atoms with Crippen molar-refractivity contribution in [2.75, 3.05) is 0 Å². The first-order chi connectivity index (χ1) is 6.00. The SMILES string of the molecule is C=Cc1c(F)c(F)c(Br)c(F)c1F. The van der Waals surface area contributed by atoms with Gasteiger partial charge in [-0.3, -0.25) is 0 Å². The lowest BCUT2D eigenvalue weighted by atomic mass is 10.2. The Hall–Kier alpha value is -0.840. The second kappa shape index (κ2) is 3.49. The van der Waals surface area contributed by atoms with Gasteiger partial charge in [0.15, 0.2) is 23.3 Å². The fourth-order valence-electron chi connectivity index (χ4n) is 0.801. The highest BCUT2D eigenvalue weighted by atomic mass is 79.9. The minimum atomic E-state index is -1.46. The fraction of sp³-hybridized carbons (Fsp3) is 0. The predicted molar refractivity (Wildman–Crippen MR) is 44.1 cm³/mol. The Morgan fingerprint density at radius 3 is 1.62 bits per heavy atom. The van der Waals surface area contributed by atoms with Gasteiger partial charge in [-0.15, -0.1) is 0 Å².